The Morgan fingerprint density at radius 1 is 0.929 bits per heavy atom. The van der Waals surface area contributed by atoms with Crippen LogP contribution < -0.4 is 0 Å². The first kappa shape index (κ1) is 21.6. The van der Waals surface area contributed by atoms with Crippen LogP contribution in [0.1, 0.15) is 89.4 Å². The van der Waals surface area contributed by atoms with E-state index in [2.05, 4.69) is 13.8 Å². The van der Waals surface area contributed by atoms with Gasteiger partial charge in [-0.3, -0.25) is 14.5 Å². The van der Waals surface area contributed by atoms with E-state index in [1.807, 2.05) is 17.5 Å². The molecule has 0 aromatic carbocycles. The van der Waals surface area contributed by atoms with Crippen molar-refractivity contribution in [2.24, 2.45) is 0 Å². The number of thioether (sulfide) groups is 1. The molecule has 2 aliphatic rings. The zero-order valence-corrected chi connectivity index (χ0v) is 18.9. The summed E-state index contributed by atoms with van der Waals surface area (Å²) in [7, 11) is 0. The quantitative estimate of drug-likeness (QED) is 0.513. The number of nitrogens with zero attached hydrogens (tertiary/aromatic N) is 1. The van der Waals surface area contributed by atoms with Crippen LogP contribution in [0.25, 0.3) is 5.57 Å². The van der Waals surface area contributed by atoms with Gasteiger partial charge in [0.05, 0.1) is 10.5 Å². The van der Waals surface area contributed by atoms with Gasteiger partial charge in [-0.2, -0.15) is 0 Å². The van der Waals surface area contributed by atoms with Crippen LogP contribution in [0.5, 0.6) is 0 Å². The topological polar surface area (TPSA) is 37.4 Å². The van der Waals surface area contributed by atoms with Gasteiger partial charge in [0.15, 0.2) is 0 Å². The number of hydrogen-bond acceptors (Lipinski definition) is 4. The molecule has 2 heterocycles. The number of carbonyl (C=O) groups is 2. The summed E-state index contributed by atoms with van der Waals surface area (Å²) in [6, 6.07) is 3.98. The SMILES string of the molecule is CC(C)SC1=C(c2cccs2)C(=O)N(C2CCCCCCCCCCC2)C1=O. The fourth-order valence-corrected chi connectivity index (χ4v) is 6.06. The molecule has 0 bridgehead atoms. The molecule has 1 saturated carbocycles. The van der Waals surface area contributed by atoms with E-state index in [1.54, 1.807) is 28.0 Å². The maximum atomic E-state index is 13.4. The summed E-state index contributed by atoms with van der Waals surface area (Å²) in [4.78, 5) is 30.0. The molecule has 3 nitrogen and oxygen atoms in total. The van der Waals surface area contributed by atoms with E-state index in [1.165, 1.54) is 44.9 Å². The lowest BCUT2D eigenvalue weighted by atomic mass is 9.97. The number of thiophene rings is 1. The second-order valence-electron chi connectivity index (χ2n) is 8.24. The minimum Gasteiger partial charge on any atom is -0.271 e. The molecule has 0 unspecified atom stereocenters. The summed E-state index contributed by atoms with van der Waals surface area (Å²) < 4.78 is 0. The fourth-order valence-electron chi connectivity index (χ4n) is 4.24. The summed E-state index contributed by atoms with van der Waals surface area (Å²) in [5.74, 6) is -0.114. The monoisotopic (exact) mass is 419 g/mol. The third-order valence-corrected chi connectivity index (χ3v) is 7.61. The van der Waals surface area contributed by atoms with Gasteiger partial charge in [0.25, 0.3) is 11.8 Å². The van der Waals surface area contributed by atoms with Crippen LogP contribution in [0.4, 0.5) is 0 Å². The van der Waals surface area contributed by atoms with Crippen molar-refractivity contribution in [3.8, 4) is 0 Å². The van der Waals surface area contributed by atoms with Crippen LogP contribution >= 0.6 is 23.1 Å². The summed E-state index contributed by atoms with van der Waals surface area (Å²) in [5.41, 5.74) is 0.643. The molecule has 1 aromatic heterocycles. The lowest BCUT2D eigenvalue weighted by Gasteiger charge is -2.27. The van der Waals surface area contributed by atoms with E-state index in [-0.39, 0.29) is 23.1 Å². The number of imide groups is 1. The average molecular weight is 420 g/mol. The molecule has 5 heteroatoms. The van der Waals surface area contributed by atoms with Crippen LogP contribution in [-0.4, -0.2) is 28.0 Å². The van der Waals surface area contributed by atoms with Gasteiger partial charge in [-0.05, 0) is 24.3 Å². The minimum atomic E-state index is -0.0623. The summed E-state index contributed by atoms with van der Waals surface area (Å²) in [5, 5.41) is 2.26. The van der Waals surface area contributed by atoms with Crippen molar-refractivity contribution < 1.29 is 9.59 Å². The van der Waals surface area contributed by atoms with Crippen LogP contribution in [-0.2, 0) is 9.59 Å². The molecule has 1 aliphatic heterocycles. The summed E-state index contributed by atoms with van der Waals surface area (Å²) >= 11 is 3.10. The molecule has 0 radical (unpaired) electrons. The maximum absolute atomic E-state index is 13.4. The molecule has 2 amide bonds. The molecule has 28 heavy (non-hydrogen) atoms. The Hall–Kier alpha value is -1.07. The Bertz CT molecular complexity index is 681. The van der Waals surface area contributed by atoms with Crippen molar-refractivity contribution in [2.45, 2.75) is 95.8 Å². The zero-order chi connectivity index (χ0) is 19.9. The highest BCUT2D eigenvalue weighted by molar-refractivity contribution is 8.04. The van der Waals surface area contributed by atoms with E-state index >= 15 is 0 Å². The largest absolute Gasteiger partial charge is 0.271 e. The second-order valence-corrected chi connectivity index (χ2v) is 10.8. The molecular weight excluding hydrogens is 386 g/mol. The van der Waals surface area contributed by atoms with Crippen LogP contribution in [0, 0.1) is 0 Å². The molecule has 1 fully saturated rings. The lowest BCUT2D eigenvalue weighted by molar-refractivity contribution is -0.139. The van der Waals surface area contributed by atoms with Gasteiger partial charge >= 0.3 is 0 Å². The first-order valence-corrected chi connectivity index (χ1v) is 12.7. The van der Waals surface area contributed by atoms with E-state index in [9.17, 15) is 9.59 Å². The fraction of sp³-hybridized carbons (Fsp3) is 0.652. The third-order valence-electron chi connectivity index (χ3n) is 5.63. The van der Waals surface area contributed by atoms with Crippen molar-refractivity contribution in [3.05, 3.63) is 27.3 Å². The molecule has 1 aliphatic carbocycles. The van der Waals surface area contributed by atoms with E-state index < -0.39 is 0 Å². The Labute approximate surface area is 178 Å². The van der Waals surface area contributed by atoms with Crippen LogP contribution in [0.3, 0.4) is 0 Å². The van der Waals surface area contributed by atoms with Crippen molar-refractivity contribution >= 4 is 40.5 Å². The maximum Gasteiger partial charge on any atom is 0.268 e. The molecule has 154 valence electrons. The Morgan fingerprint density at radius 3 is 2.00 bits per heavy atom. The standard InChI is InChI=1S/C23H33NO2S2/c1-17(2)28-21-20(19-15-12-16-27-19)22(25)24(23(21)26)18-13-10-8-6-4-3-5-7-9-11-14-18/h12,15-18H,3-11,13-14H2,1-2H3. The molecule has 0 N–H and O–H groups in total. The highest BCUT2D eigenvalue weighted by atomic mass is 32.2. The number of hydrogen-bond donors (Lipinski definition) is 0. The van der Waals surface area contributed by atoms with Gasteiger partial charge in [-0.25, -0.2) is 0 Å². The van der Waals surface area contributed by atoms with Crippen molar-refractivity contribution in [3.63, 3.8) is 0 Å². The van der Waals surface area contributed by atoms with Crippen LogP contribution in [0.15, 0.2) is 22.4 Å². The van der Waals surface area contributed by atoms with Gasteiger partial charge in [-0.1, -0.05) is 77.7 Å². The Kier molecular flexibility index (Phi) is 8.22. The van der Waals surface area contributed by atoms with Gasteiger partial charge in [-0.15, -0.1) is 23.1 Å². The van der Waals surface area contributed by atoms with E-state index in [0.29, 0.717) is 10.5 Å². The molecule has 1 aromatic rings. The third kappa shape index (κ3) is 5.29. The first-order valence-electron chi connectivity index (χ1n) is 10.9. The zero-order valence-electron chi connectivity index (χ0n) is 17.2. The first-order chi connectivity index (χ1) is 13.6. The Balaban J connectivity index is 1.82. The Morgan fingerprint density at radius 2 is 1.50 bits per heavy atom. The van der Waals surface area contributed by atoms with Gasteiger partial charge in [0, 0.05) is 16.2 Å². The van der Waals surface area contributed by atoms with Crippen molar-refractivity contribution in [1.82, 2.24) is 4.90 Å². The average Bonchev–Trinajstić information content (AvgIpc) is 3.23. The molecular formula is C23H33NO2S2. The van der Waals surface area contributed by atoms with Gasteiger partial charge < -0.3 is 0 Å². The van der Waals surface area contributed by atoms with Crippen molar-refractivity contribution in [1.29, 1.82) is 0 Å². The smallest absolute Gasteiger partial charge is 0.268 e. The molecule has 3 rings (SSSR count). The predicted molar refractivity (Wildman–Crippen MR) is 120 cm³/mol. The van der Waals surface area contributed by atoms with Gasteiger partial charge in [0.2, 0.25) is 0 Å². The minimum absolute atomic E-state index is 0.0517. The van der Waals surface area contributed by atoms with Crippen LogP contribution in [0.2, 0.25) is 0 Å². The number of carbonyl (C=O) groups excluding carboxylic acids is 2. The molecule has 0 spiro atoms. The van der Waals surface area contributed by atoms with E-state index in [4.69, 9.17) is 0 Å². The van der Waals surface area contributed by atoms with Gasteiger partial charge in [0.1, 0.15) is 0 Å². The number of amides is 2. The van der Waals surface area contributed by atoms with E-state index in [0.717, 1.165) is 30.6 Å². The molecule has 0 saturated heterocycles. The predicted octanol–water partition coefficient (Wildman–Crippen LogP) is 6.64. The second kappa shape index (κ2) is 10.6. The summed E-state index contributed by atoms with van der Waals surface area (Å²) in [6.45, 7) is 4.17. The summed E-state index contributed by atoms with van der Waals surface area (Å²) in [6.07, 6.45) is 13.1. The normalized spacial score (nSPS) is 21.3. The lowest BCUT2D eigenvalue weighted by Crippen LogP contribution is -2.41. The molecule has 0 atom stereocenters. The van der Waals surface area contributed by atoms with Crippen molar-refractivity contribution in [2.75, 3.05) is 0 Å². The highest BCUT2D eigenvalue weighted by Gasteiger charge is 2.43. The highest BCUT2D eigenvalue weighted by Crippen LogP contribution is 2.41. The number of rotatable bonds is 4.